The summed E-state index contributed by atoms with van der Waals surface area (Å²) in [6, 6.07) is 3.61. The highest BCUT2D eigenvalue weighted by Gasteiger charge is 2.41. The smallest absolute Gasteiger partial charge is 0.301 e. The van der Waals surface area contributed by atoms with Crippen molar-refractivity contribution in [3.63, 3.8) is 0 Å². The van der Waals surface area contributed by atoms with Gasteiger partial charge in [0, 0.05) is 12.1 Å². The first-order valence-electron chi connectivity index (χ1n) is 4.98. The lowest BCUT2D eigenvalue weighted by Crippen LogP contribution is -2.31. The molecule has 0 saturated carbocycles. The molecule has 90 valence electrons. The van der Waals surface area contributed by atoms with Gasteiger partial charge in [-0.25, -0.2) is 4.39 Å². The van der Waals surface area contributed by atoms with Gasteiger partial charge in [-0.05, 0) is 12.5 Å². The van der Waals surface area contributed by atoms with Crippen LogP contribution >= 0.6 is 0 Å². The predicted molar refractivity (Wildman–Crippen MR) is 54.5 cm³/mol. The topological polar surface area (TPSA) is 46.2 Å². The van der Waals surface area contributed by atoms with Crippen LogP contribution in [0, 0.1) is 5.82 Å². The third kappa shape index (κ3) is 2.20. The van der Waals surface area contributed by atoms with Gasteiger partial charge in [-0.1, -0.05) is 19.1 Å². The molecule has 1 aromatic rings. The molecule has 0 heterocycles. The largest absolute Gasteiger partial charge is 0.386 e. The number of halogens is 3. The van der Waals surface area contributed by atoms with Gasteiger partial charge >= 0.3 is 5.92 Å². The molecule has 1 atom stereocenters. The van der Waals surface area contributed by atoms with E-state index in [2.05, 4.69) is 0 Å². The summed E-state index contributed by atoms with van der Waals surface area (Å²) in [7, 11) is 0. The molecule has 1 rings (SSSR count). The summed E-state index contributed by atoms with van der Waals surface area (Å²) in [5.74, 6) is -4.63. The van der Waals surface area contributed by atoms with Crippen molar-refractivity contribution in [3.8, 4) is 0 Å². The summed E-state index contributed by atoms with van der Waals surface area (Å²) in [5.41, 5.74) is 4.44. The summed E-state index contributed by atoms with van der Waals surface area (Å²) >= 11 is 0. The van der Waals surface area contributed by atoms with Crippen LogP contribution in [0.2, 0.25) is 0 Å². The first-order chi connectivity index (χ1) is 7.45. The highest BCUT2D eigenvalue weighted by molar-refractivity contribution is 5.30. The van der Waals surface area contributed by atoms with Gasteiger partial charge in [0.15, 0.2) is 0 Å². The first kappa shape index (κ1) is 13.0. The standard InChI is InChI=1S/C11H14F3NO/c1-2-9(16)11(13,14)8-5-3-4-7(6-15)10(8)12/h3-5,9,16H,2,6,15H2,1H3. The lowest BCUT2D eigenvalue weighted by molar-refractivity contribution is -0.118. The molecule has 5 heteroatoms. The minimum Gasteiger partial charge on any atom is -0.386 e. The Kier molecular flexibility index (Phi) is 3.93. The molecule has 16 heavy (non-hydrogen) atoms. The zero-order valence-electron chi connectivity index (χ0n) is 8.88. The number of nitrogens with two attached hydrogens (primary N) is 1. The normalized spacial score (nSPS) is 13.9. The van der Waals surface area contributed by atoms with Crippen LogP contribution in [0.25, 0.3) is 0 Å². The van der Waals surface area contributed by atoms with E-state index in [9.17, 15) is 18.3 Å². The number of hydrogen-bond acceptors (Lipinski definition) is 2. The third-order valence-electron chi connectivity index (χ3n) is 2.46. The fourth-order valence-electron chi connectivity index (χ4n) is 1.43. The van der Waals surface area contributed by atoms with E-state index in [1.54, 1.807) is 0 Å². The zero-order valence-corrected chi connectivity index (χ0v) is 8.88. The molecule has 0 spiro atoms. The summed E-state index contributed by atoms with van der Waals surface area (Å²) in [6.45, 7) is 1.25. The van der Waals surface area contributed by atoms with Gasteiger partial charge in [-0.3, -0.25) is 0 Å². The van der Waals surface area contributed by atoms with Crippen LogP contribution < -0.4 is 5.73 Å². The molecule has 1 unspecified atom stereocenters. The van der Waals surface area contributed by atoms with Gasteiger partial charge in [-0.15, -0.1) is 0 Å². The van der Waals surface area contributed by atoms with Crippen LogP contribution in [-0.2, 0) is 12.5 Å². The van der Waals surface area contributed by atoms with Crippen molar-refractivity contribution >= 4 is 0 Å². The Morgan fingerprint density at radius 2 is 2.06 bits per heavy atom. The fraction of sp³-hybridized carbons (Fsp3) is 0.455. The quantitative estimate of drug-likeness (QED) is 0.837. The van der Waals surface area contributed by atoms with E-state index in [0.717, 1.165) is 6.07 Å². The van der Waals surface area contributed by atoms with E-state index in [4.69, 9.17) is 5.73 Å². The molecule has 0 aliphatic heterocycles. The summed E-state index contributed by atoms with van der Waals surface area (Å²) < 4.78 is 40.8. The number of aliphatic hydroxyl groups excluding tert-OH is 1. The number of benzene rings is 1. The van der Waals surface area contributed by atoms with Crippen LogP contribution in [0.15, 0.2) is 18.2 Å². The minimum atomic E-state index is -3.59. The maximum absolute atomic E-state index is 13.6. The van der Waals surface area contributed by atoms with Gasteiger partial charge in [-0.2, -0.15) is 8.78 Å². The van der Waals surface area contributed by atoms with Gasteiger partial charge in [0.25, 0.3) is 0 Å². The highest BCUT2D eigenvalue weighted by Crippen LogP contribution is 2.35. The van der Waals surface area contributed by atoms with Crippen LogP contribution in [0.5, 0.6) is 0 Å². The molecule has 0 aromatic heterocycles. The average Bonchev–Trinajstić information content (AvgIpc) is 2.27. The highest BCUT2D eigenvalue weighted by atomic mass is 19.3. The molecular formula is C11H14F3NO. The molecule has 2 nitrogen and oxygen atoms in total. The SMILES string of the molecule is CCC(O)C(F)(F)c1cccc(CN)c1F. The van der Waals surface area contributed by atoms with E-state index in [1.165, 1.54) is 19.1 Å². The zero-order chi connectivity index (χ0) is 12.3. The predicted octanol–water partition coefficient (Wildman–Crippen LogP) is 2.15. The molecule has 0 radical (unpaired) electrons. The van der Waals surface area contributed by atoms with Crippen LogP contribution in [0.4, 0.5) is 13.2 Å². The second-order valence-electron chi connectivity index (χ2n) is 3.53. The van der Waals surface area contributed by atoms with Gasteiger partial charge < -0.3 is 10.8 Å². The first-order valence-corrected chi connectivity index (χ1v) is 4.98. The maximum atomic E-state index is 13.6. The molecule has 3 N–H and O–H groups in total. The second-order valence-corrected chi connectivity index (χ2v) is 3.53. The van der Waals surface area contributed by atoms with Crippen molar-refractivity contribution in [2.75, 3.05) is 0 Å². The Morgan fingerprint density at radius 3 is 2.56 bits per heavy atom. The maximum Gasteiger partial charge on any atom is 0.301 e. The molecule has 0 bridgehead atoms. The number of aliphatic hydroxyl groups is 1. The van der Waals surface area contributed by atoms with E-state index < -0.39 is 23.4 Å². The molecule has 1 aromatic carbocycles. The Bertz CT molecular complexity index is 368. The molecule has 0 fully saturated rings. The second kappa shape index (κ2) is 4.84. The molecule has 0 aliphatic rings. The number of hydrogen-bond donors (Lipinski definition) is 2. The lowest BCUT2D eigenvalue weighted by atomic mass is 9.98. The van der Waals surface area contributed by atoms with Crippen molar-refractivity contribution in [1.29, 1.82) is 0 Å². The van der Waals surface area contributed by atoms with Gasteiger partial charge in [0.2, 0.25) is 0 Å². The summed E-state index contributed by atoms with van der Waals surface area (Å²) in [5, 5.41) is 9.18. The van der Waals surface area contributed by atoms with Crippen LogP contribution in [-0.4, -0.2) is 11.2 Å². The summed E-state index contributed by atoms with van der Waals surface area (Å²) in [6.07, 6.45) is -2.05. The molecule has 0 amide bonds. The van der Waals surface area contributed by atoms with Crippen LogP contribution in [0.3, 0.4) is 0 Å². The van der Waals surface area contributed by atoms with Crippen molar-refractivity contribution in [1.82, 2.24) is 0 Å². The monoisotopic (exact) mass is 233 g/mol. The fourth-order valence-corrected chi connectivity index (χ4v) is 1.43. The lowest BCUT2D eigenvalue weighted by Gasteiger charge is -2.22. The van der Waals surface area contributed by atoms with E-state index >= 15 is 0 Å². The average molecular weight is 233 g/mol. The van der Waals surface area contributed by atoms with Gasteiger partial charge in [0.1, 0.15) is 11.9 Å². The summed E-state index contributed by atoms with van der Waals surface area (Å²) in [4.78, 5) is 0. The number of alkyl halides is 2. The van der Waals surface area contributed by atoms with Crippen molar-refractivity contribution in [2.45, 2.75) is 31.9 Å². The van der Waals surface area contributed by atoms with Crippen molar-refractivity contribution < 1.29 is 18.3 Å². The van der Waals surface area contributed by atoms with E-state index in [1.807, 2.05) is 0 Å². The minimum absolute atomic E-state index is 0.0143. The van der Waals surface area contributed by atoms with E-state index in [-0.39, 0.29) is 18.5 Å². The Hall–Kier alpha value is -1.07. The molecular weight excluding hydrogens is 219 g/mol. The Labute approximate surface area is 91.9 Å². The van der Waals surface area contributed by atoms with Crippen molar-refractivity contribution in [3.05, 3.63) is 35.1 Å². The third-order valence-corrected chi connectivity index (χ3v) is 2.46. The molecule has 0 saturated heterocycles. The Balaban J connectivity index is 3.22. The number of rotatable bonds is 4. The van der Waals surface area contributed by atoms with Crippen LogP contribution in [0.1, 0.15) is 24.5 Å². The van der Waals surface area contributed by atoms with Gasteiger partial charge in [0.05, 0.1) is 5.56 Å². The van der Waals surface area contributed by atoms with Crippen molar-refractivity contribution in [2.24, 2.45) is 5.73 Å². The molecule has 0 aliphatic carbocycles. The Morgan fingerprint density at radius 1 is 1.44 bits per heavy atom. The van der Waals surface area contributed by atoms with E-state index in [0.29, 0.717) is 0 Å².